The Morgan fingerprint density at radius 3 is 2.55 bits per heavy atom. The molecule has 1 fully saturated rings. The fourth-order valence-corrected chi connectivity index (χ4v) is 3.12. The van der Waals surface area contributed by atoms with Gasteiger partial charge in [-0.2, -0.15) is 0 Å². The largest absolute Gasteiger partial charge is 0.491 e. The molecule has 0 unspecified atom stereocenters. The summed E-state index contributed by atoms with van der Waals surface area (Å²) in [6, 6.07) is 7.48. The number of benzene rings is 1. The summed E-state index contributed by atoms with van der Waals surface area (Å²) in [6.45, 7) is 6.16. The van der Waals surface area contributed by atoms with Crippen molar-refractivity contribution >= 4 is 11.6 Å². The lowest BCUT2D eigenvalue weighted by Crippen LogP contribution is -2.47. The Morgan fingerprint density at radius 2 is 2.00 bits per heavy atom. The van der Waals surface area contributed by atoms with E-state index < -0.39 is 5.60 Å². The lowest BCUT2D eigenvalue weighted by molar-refractivity contribution is -0.143. The van der Waals surface area contributed by atoms with Gasteiger partial charge >= 0.3 is 0 Å². The third-order valence-corrected chi connectivity index (χ3v) is 4.24. The molecule has 0 spiro atoms. The SMILES string of the molecule is CO[C@]1(C(=O)Nc2ccc(OC(C)C)cc2)CCC[C@@H](C)C1. The molecule has 1 aliphatic carbocycles. The minimum absolute atomic E-state index is 0.0425. The predicted molar refractivity (Wildman–Crippen MR) is 88.2 cm³/mol. The molecular weight excluding hydrogens is 278 g/mol. The van der Waals surface area contributed by atoms with Crippen molar-refractivity contribution in [1.29, 1.82) is 0 Å². The van der Waals surface area contributed by atoms with Crippen molar-refractivity contribution in [2.24, 2.45) is 5.92 Å². The Kier molecular flexibility index (Phi) is 5.46. The molecule has 4 heteroatoms. The second-order valence-corrected chi connectivity index (χ2v) is 6.55. The van der Waals surface area contributed by atoms with Crippen molar-refractivity contribution in [1.82, 2.24) is 0 Å². The first-order valence-corrected chi connectivity index (χ1v) is 8.08. The van der Waals surface area contributed by atoms with Gasteiger partial charge in [-0.05, 0) is 63.3 Å². The van der Waals surface area contributed by atoms with Crippen LogP contribution in [0.25, 0.3) is 0 Å². The molecule has 1 saturated carbocycles. The number of methoxy groups -OCH3 is 1. The molecule has 2 atom stereocenters. The normalized spacial score (nSPS) is 25.0. The van der Waals surface area contributed by atoms with E-state index >= 15 is 0 Å². The number of ether oxygens (including phenoxy) is 2. The van der Waals surface area contributed by atoms with Crippen LogP contribution in [0.1, 0.15) is 46.5 Å². The standard InChI is InChI=1S/C18H27NO3/c1-13(2)22-16-9-7-15(8-10-16)19-17(20)18(21-4)11-5-6-14(3)12-18/h7-10,13-14H,5-6,11-12H2,1-4H3,(H,19,20)/t14-,18-/m1/s1. The summed E-state index contributed by atoms with van der Waals surface area (Å²) < 4.78 is 11.2. The van der Waals surface area contributed by atoms with Gasteiger partial charge in [-0.3, -0.25) is 4.79 Å². The highest BCUT2D eigenvalue weighted by Gasteiger charge is 2.41. The Labute approximate surface area is 133 Å². The van der Waals surface area contributed by atoms with Crippen LogP contribution >= 0.6 is 0 Å². The van der Waals surface area contributed by atoms with E-state index in [1.54, 1.807) is 7.11 Å². The molecule has 1 aromatic rings. The minimum atomic E-state index is -0.690. The molecule has 22 heavy (non-hydrogen) atoms. The Morgan fingerprint density at radius 1 is 1.32 bits per heavy atom. The first kappa shape index (κ1) is 16.8. The highest BCUT2D eigenvalue weighted by Crippen LogP contribution is 2.35. The molecule has 1 aliphatic rings. The van der Waals surface area contributed by atoms with Gasteiger partial charge < -0.3 is 14.8 Å². The molecule has 0 heterocycles. The van der Waals surface area contributed by atoms with Gasteiger partial charge in [-0.1, -0.05) is 13.3 Å². The van der Waals surface area contributed by atoms with Crippen LogP contribution in [-0.2, 0) is 9.53 Å². The van der Waals surface area contributed by atoms with Crippen molar-refractivity contribution in [3.63, 3.8) is 0 Å². The van der Waals surface area contributed by atoms with Crippen LogP contribution in [0.2, 0.25) is 0 Å². The first-order chi connectivity index (χ1) is 10.4. The quantitative estimate of drug-likeness (QED) is 0.894. The number of carbonyl (C=O) groups excluding carboxylic acids is 1. The fraction of sp³-hybridized carbons (Fsp3) is 0.611. The average Bonchev–Trinajstić information content (AvgIpc) is 2.48. The lowest BCUT2D eigenvalue weighted by atomic mass is 9.78. The maximum atomic E-state index is 12.7. The van der Waals surface area contributed by atoms with Gasteiger partial charge in [0.1, 0.15) is 11.4 Å². The van der Waals surface area contributed by atoms with Crippen molar-refractivity contribution in [3.8, 4) is 5.75 Å². The van der Waals surface area contributed by atoms with Crippen LogP contribution in [0.4, 0.5) is 5.69 Å². The first-order valence-electron chi connectivity index (χ1n) is 8.08. The van der Waals surface area contributed by atoms with Crippen LogP contribution < -0.4 is 10.1 Å². The number of carbonyl (C=O) groups is 1. The summed E-state index contributed by atoms with van der Waals surface area (Å²) in [5, 5.41) is 2.98. The average molecular weight is 305 g/mol. The van der Waals surface area contributed by atoms with Crippen molar-refractivity contribution in [3.05, 3.63) is 24.3 Å². The lowest BCUT2D eigenvalue weighted by Gasteiger charge is -2.37. The number of amides is 1. The molecular formula is C18H27NO3. The van der Waals surface area contributed by atoms with E-state index in [4.69, 9.17) is 9.47 Å². The second kappa shape index (κ2) is 7.14. The van der Waals surface area contributed by atoms with Crippen molar-refractivity contribution < 1.29 is 14.3 Å². The number of anilines is 1. The van der Waals surface area contributed by atoms with Gasteiger partial charge in [0, 0.05) is 12.8 Å². The van der Waals surface area contributed by atoms with E-state index in [0.717, 1.165) is 30.7 Å². The highest BCUT2D eigenvalue weighted by molar-refractivity contribution is 5.97. The topological polar surface area (TPSA) is 47.6 Å². The van der Waals surface area contributed by atoms with Gasteiger partial charge in [0.05, 0.1) is 6.10 Å². The summed E-state index contributed by atoms with van der Waals surface area (Å²) in [5.74, 6) is 1.28. The third-order valence-electron chi connectivity index (χ3n) is 4.24. The molecule has 1 amide bonds. The van der Waals surface area contributed by atoms with Crippen LogP contribution in [0.3, 0.4) is 0 Å². The molecule has 1 aromatic carbocycles. The fourth-order valence-electron chi connectivity index (χ4n) is 3.12. The van der Waals surface area contributed by atoms with Crippen molar-refractivity contribution in [2.45, 2.75) is 58.2 Å². The van der Waals surface area contributed by atoms with Gasteiger partial charge in [0.2, 0.25) is 0 Å². The van der Waals surface area contributed by atoms with Crippen LogP contribution in [0.15, 0.2) is 24.3 Å². The zero-order valence-electron chi connectivity index (χ0n) is 14.0. The van der Waals surface area contributed by atoms with E-state index in [0.29, 0.717) is 5.92 Å². The summed E-state index contributed by atoms with van der Waals surface area (Å²) >= 11 is 0. The number of nitrogens with one attached hydrogen (secondary N) is 1. The number of hydrogen-bond donors (Lipinski definition) is 1. The van der Waals surface area contributed by atoms with E-state index in [1.807, 2.05) is 38.1 Å². The van der Waals surface area contributed by atoms with E-state index in [9.17, 15) is 4.79 Å². The summed E-state index contributed by atoms with van der Waals surface area (Å²) in [7, 11) is 1.64. The Hall–Kier alpha value is -1.55. The van der Waals surface area contributed by atoms with Crippen molar-refractivity contribution in [2.75, 3.05) is 12.4 Å². The molecule has 0 saturated heterocycles. The Balaban J connectivity index is 2.04. The predicted octanol–water partition coefficient (Wildman–Crippen LogP) is 4.01. The molecule has 0 aromatic heterocycles. The molecule has 2 rings (SSSR count). The number of rotatable bonds is 5. The minimum Gasteiger partial charge on any atom is -0.491 e. The van der Waals surface area contributed by atoms with Gasteiger partial charge in [0.15, 0.2) is 0 Å². The van der Waals surface area contributed by atoms with E-state index in [2.05, 4.69) is 12.2 Å². The molecule has 0 radical (unpaired) electrons. The second-order valence-electron chi connectivity index (χ2n) is 6.55. The van der Waals surface area contributed by atoms with Gasteiger partial charge in [0.25, 0.3) is 5.91 Å². The maximum Gasteiger partial charge on any atom is 0.256 e. The zero-order valence-corrected chi connectivity index (χ0v) is 14.0. The van der Waals surface area contributed by atoms with E-state index in [-0.39, 0.29) is 12.0 Å². The zero-order chi connectivity index (χ0) is 16.2. The van der Waals surface area contributed by atoms with Crippen LogP contribution in [0.5, 0.6) is 5.75 Å². The van der Waals surface area contributed by atoms with Crippen LogP contribution in [0, 0.1) is 5.92 Å². The highest BCUT2D eigenvalue weighted by atomic mass is 16.5. The Bertz CT molecular complexity index is 498. The molecule has 1 N–H and O–H groups in total. The molecule has 122 valence electrons. The molecule has 0 bridgehead atoms. The monoisotopic (exact) mass is 305 g/mol. The van der Waals surface area contributed by atoms with Crippen LogP contribution in [-0.4, -0.2) is 24.7 Å². The summed E-state index contributed by atoms with van der Waals surface area (Å²) in [4.78, 5) is 12.7. The van der Waals surface area contributed by atoms with Gasteiger partial charge in [-0.15, -0.1) is 0 Å². The maximum absolute atomic E-state index is 12.7. The summed E-state index contributed by atoms with van der Waals surface area (Å²) in [5.41, 5.74) is 0.0841. The van der Waals surface area contributed by atoms with E-state index in [1.165, 1.54) is 6.42 Å². The van der Waals surface area contributed by atoms with Gasteiger partial charge in [-0.25, -0.2) is 0 Å². The smallest absolute Gasteiger partial charge is 0.256 e. The molecule has 4 nitrogen and oxygen atoms in total. The number of hydrogen-bond acceptors (Lipinski definition) is 3. The summed E-state index contributed by atoms with van der Waals surface area (Å²) in [6.07, 6.45) is 3.90. The molecule has 0 aliphatic heterocycles. The third kappa shape index (κ3) is 4.01.